The molecule has 30 heavy (non-hydrogen) atoms. The predicted octanol–water partition coefficient (Wildman–Crippen LogP) is 4.84. The number of hydrogen-bond donors (Lipinski definition) is 1. The van der Waals surface area contributed by atoms with Gasteiger partial charge in [-0.1, -0.05) is 40.9 Å². The standard InChI is InChI=1S/C20H21Cl3N2O4S/c1-29-19-7-6-16(10-18(19)23)24-20(26)13-3-2-8-25(11-13)30(27,28)12-14-4-5-15(21)9-17(14)22/h4-7,9-10,13H,2-3,8,11-12H2,1H3,(H,24,26)/t13-/m0/s1. The molecular weight excluding hydrogens is 471 g/mol. The summed E-state index contributed by atoms with van der Waals surface area (Å²) in [5.41, 5.74) is 0.999. The largest absolute Gasteiger partial charge is 0.495 e. The molecule has 2 aromatic carbocycles. The number of amides is 1. The van der Waals surface area contributed by atoms with Gasteiger partial charge < -0.3 is 10.1 Å². The lowest BCUT2D eigenvalue weighted by Gasteiger charge is -2.31. The molecule has 0 spiro atoms. The van der Waals surface area contributed by atoms with Crippen molar-refractivity contribution in [1.29, 1.82) is 0 Å². The highest BCUT2D eigenvalue weighted by atomic mass is 35.5. The van der Waals surface area contributed by atoms with Crippen LogP contribution in [-0.4, -0.2) is 38.8 Å². The number of carbonyl (C=O) groups excluding carboxylic acids is 1. The van der Waals surface area contributed by atoms with Crippen molar-refractivity contribution in [2.45, 2.75) is 18.6 Å². The van der Waals surface area contributed by atoms with Crippen molar-refractivity contribution < 1.29 is 17.9 Å². The molecule has 162 valence electrons. The molecule has 0 aromatic heterocycles. The quantitative estimate of drug-likeness (QED) is 0.627. The molecule has 1 aliphatic heterocycles. The second-order valence-corrected chi connectivity index (χ2v) is 10.2. The van der Waals surface area contributed by atoms with E-state index >= 15 is 0 Å². The number of methoxy groups -OCH3 is 1. The number of halogens is 3. The zero-order valence-electron chi connectivity index (χ0n) is 16.2. The second-order valence-electron chi connectivity index (χ2n) is 7.03. The van der Waals surface area contributed by atoms with Crippen LogP contribution in [-0.2, 0) is 20.6 Å². The van der Waals surface area contributed by atoms with E-state index in [1.807, 2.05) is 0 Å². The molecule has 1 atom stereocenters. The van der Waals surface area contributed by atoms with Gasteiger partial charge >= 0.3 is 0 Å². The summed E-state index contributed by atoms with van der Waals surface area (Å²) in [5, 5.41) is 3.92. The normalized spacial score (nSPS) is 17.5. The fourth-order valence-corrected chi connectivity index (χ4v) is 5.78. The van der Waals surface area contributed by atoms with E-state index in [4.69, 9.17) is 39.5 Å². The Morgan fingerprint density at radius 1 is 1.17 bits per heavy atom. The summed E-state index contributed by atoms with van der Waals surface area (Å²) in [7, 11) is -2.13. The van der Waals surface area contributed by atoms with Crippen LogP contribution < -0.4 is 10.1 Å². The van der Waals surface area contributed by atoms with E-state index in [2.05, 4.69) is 5.32 Å². The van der Waals surface area contributed by atoms with Gasteiger partial charge in [-0.25, -0.2) is 12.7 Å². The molecule has 2 aromatic rings. The van der Waals surface area contributed by atoms with Gasteiger partial charge in [0.05, 0.1) is 23.8 Å². The number of nitrogens with zero attached hydrogens (tertiary/aromatic N) is 1. The van der Waals surface area contributed by atoms with Crippen LogP contribution in [0.2, 0.25) is 15.1 Å². The molecule has 1 heterocycles. The van der Waals surface area contributed by atoms with Crippen LogP contribution in [0.1, 0.15) is 18.4 Å². The third kappa shape index (κ3) is 5.59. The van der Waals surface area contributed by atoms with Gasteiger partial charge in [0.25, 0.3) is 0 Å². The predicted molar refractivity (Wildman–Crippen MR) is 120 cm³/mol. The van der Waals surface area contributed by atoms with Crippen molar-refractivity contribution in [1.82, 2.24) is 4.31 Å². The fraction of sp³-hybridized carbons (Fsp3) is 0.350. The Bertz CT molecular complexity index is 1050. The molecular formula is C20H21Cl3N2O4S. The summed E-state index contributed by atoms with van der Waals surface area (Å²) in [4.78, 5) is 12.7. The van der Waals surface area contributed by atoms with Gasteiger partial charge in [0.15, 0.2) is 0 Å². The topological polar surface area (TPSA) is 75.7 Å². The first-order valence-corrected chi connectivity index (χ1v) is 12.0. The molecule has 3 rings (SSSR count). The van der Waals surface area contributed by atoms with Gasteiger partial charge in [-0.2, -0.15) is 0 Å². The van der Waals surface area contributed by atoms with Gasteiger partial charge in [-0.3, -0.25) is 4.79 Å². The summed E-state index contributed by atoms with van der Waals surface area (Å²) < 4.78 is 32.3. The van der Waals surface area contributed by atoms with E-state index in [0.717, 1.165) is 0 Å². The molecule has 0 radical (unpaired) electrons. The smallest absolute Gasteiger partial charge is 0.228 e. The first kappa shape index (κ1) is 23.2. The Labute approximate surface area is 191 Å². The molecule has 6 nitrogen and oxygen atoms in total. The maximum atomic E-state index is 12.9. The molecule has 1 amide bonds. The van der Waals surface area contributed by atoms with Crippen LogP contribution in [0, 0.1) is 5.92 Å². The zero-order chi connectivity index (χ0) is 21.9. The molecule has 0 bridgehead atoms. The van der Waals surface area contributed by atoms with Crippen molar-refractivity contribution in [2.75, 3.05) is 25.5 Å². The number of carbonyl (C=O) groups is 1. The monoisotopic (exact) mass is 490 g/mol. The summed E-state index contributed by atoms with van der Waals surface area (Å²) in [6, 6.07) is 9.65. The molecule has 1 fully saturated rings. The average Bonchev–Trinajstić information content (AvgIpc) is 2.70. The van der Waals surface area contributed by atoms with Crippen molar-refractivity contribution in [3.05, 3.63) is 57.0 Å². The molecule has 1 saturated heterocycles. The van der Waals surface area contributed by atoms with Gasteiger partial charge in [0.1, 0.15) is 5.75 Å². The Kier molecular flexibility index (Phi) is 7.52. The Morgan fingerprint density at radius 3 is 2.60 bits per heavy atom. The van der Waals surface area contributed by atoms with E-state index in [-0.39, 0.29) is 18.2 Å². The minimum Gasteiger partial charge on any atom is -0.495 e. The number of benzene rings is 2. The first-order valence-electron chi connectivity index (χ1n) is 9.26. The number of nitrogens with one attached hydrogen (secondary N) is 1. The van der Waals surface area contributed by atoms with Gasteiger partial charge in [-0.05, 0) is 48.7 Å². The Morgan fingerprint density at radius 2 is 1.93 bits per heavy atom. The van der Waals surface area contributed by atoms with Crippen LogP contribution in [0.25, 0.3) is 0 Å². The lowest BCUT2D eigenvalue weighted by atomic mass is 9.98. The highest BCUT2D eigenvalue weighted by Crippen LogP contribution is 2.29. The van der Waals surface area contributed by atoms with E-state index in [1.165, 1.54) is 17.5 Å². The summed E-state index contributed by atoms with van der Waals surface area (Å²) in [6.45, 7) is 0.481. The average molecular weight is 492 g/mol. The van der Waals surface area contributed by atoms with Crippen LogP contribution in [0.5, 0.6) is 5.75 Å². The fourth-order valence-electron chi connectivity index (χ4n) is 3.32. The van der Waals surface area contributed by atoms with Crippen molar-refractivity contribution in [3.63, 3.8) is 0 Å². The molecule has 10 heteroatoms. The van der Waals surface area contributed by atoms with Gasteiger partial charge in [-0.15, -0.1) is 0 Å². The number of rotatable bonds is 6. The zero-order valence-corrected chi connectivity index (χ0v) is 19.3. The lowest BCUT2D eigenvalue weighted by Crippen LogP contribution is -2.44. The summed E-state index contributed by atoms with van der Waals surface area (Å²) >= 11 is 18.1. The van der Waals surface area contributed by atoms with Crippen molar-refractivity contribution >= 4 is 56.4 Å². The highest BCUT2D eigenvalue weighted by Gasteiger charge is 2.32. The van der Waals surface area contributed by atoms with Gasteiger partial charge in [0.2, 0.25) is 15.9 Å². The van der Waals surface area contributed by atoms with Crippen molar-refractivity contribution in [3.8, 4) is 5.75 Å². The second kappa shape index (κ2) is 9.75. The highest BCUT2D eigenvalue weighted by molar-refractivity contribution is 7.88. The summed E-state index contributed by atoms with van der Waals surface area (Å²) in [6.07, 6.45) is 1.19. The van der Waals surface area contributed by atoms with E-state index in [0.29, 0.717) is 51.5 Å². The van der Waals surface area contributed by atoms with E-state index < -0.39 is 15.9 Å². The Hall–Kier alpha value is -1.51. The third-order valence-electron chi connectivity index (χ3n) is 4.92. The third-order valence-corrected chi connectivity index (χ3v) is 7.60. The number of ether oxygens (including phenoxy) is 1. The maximum absolute atomic E-state index is 12.9. The SMILES string of the molecule is COc1ccc(NC(=O)[C@H]2CCCN(S(=O)(=O)Cc3ccc(Cl)cc3Cl)C2)cc1Cl. The minimum atomic E-state index is -3.64. The number of piperidine rings is 1. The Balaban J connectivity index is 1.67. The van der Waals surface area contributed by atoms with E-state index in [1.54, 1.807) is 30.3 Å². The van der Waals surface area contributed by atoms with Gasteiger partial charge in [0, 0.05) is 28.8 Å². The molecule has 0 saturated carbocycles. The number of anilines is 1. The molecule has 1 N–H and O–H groups in total. The van der Waals surface area contributed by atoms with E-state index in [9.17, 15) is 13.2 Å². The van der Waals surface area contributed by atoms with Crippen LogP contribution in [0.4, 0.5) is 5.69 Å². The molecule has 0 unspecified atom stereocenters. The number of sulfonamides is 1. The maximum Gasteiger partial charge on any atom is 0.228 e. The van der Waals surface area contributed by atoms with Crippen LogP contribution >= 0.6 is 34.8 Å². The van der Waals surface area contributed by atoms with Crippen molar-refractivity contribution in [2.24, 2.45) is 5.92 Å². The van der Waals surface area contributed by atoms with Crippen LogP contribution in [0.15, 0.2) is 36.4 Å². The molecule has 0 aliphatic carbocycles. The number of hydrogen-bond acceptors (Lipinski definition) is 4. The molecule has 1 aliphatic rings. The lowest BCUT2D eigenvalue weighted by molar-refractivity contribution is -0.120. The minimum absolute atomic E-state index is 0.114. The van der Waals surface area contributed by atoms with Crippen LogP contribution in [0.3, 0.4) is 0 Å². The first-order chi connectivity index (χ1) is 14.2. The summed E-state index contributed by atoms with van der Waals surface area (Å²) in [5.74, 6) is -0.452.